The molecule has 3 aromatic carbocycles. The molecule has 2 aliphatic heterocycles. The Kier molecular flexibility index (Phi) is 4.21. The van der Waals surface area contributed by atoms with Gasteiger partial charge in [0.1, 0.15) is 11.5 Å². The van der Waals surface area contributed by atoms with E-state index < -0.39 is 0 Å². The number of methoxy groups -OCH3 is 1. The first-order chi connectivity index (χ1) is 13.7. The lowest BCUT2D eigenvalue weighted by Crippen LogP contribution is -2.33. The maximum absolute atomic E-state index is 6.38. The van der Waals surface area contributed by atoms with Gasteiger partial charge in [-0.3, -0.25) is 0 Å². The third-order valence-electron chi connectivity index (χ3n) is 5.26. The summed E-state index contributed by atoms with van der Waals surface area (Å²) in [5.41, 5.74) is 4.31. The lowest BCUT2D eigenvalue weighted by atomic mass is 9.95. The van der Waals surface area contributed by atoms with Crippen molar-refractivity contribution < 1.29 is 9.47 Å². The fourth-order valence-electron chi connectivity index (χ4n) is 3.84. The Morgan fingerprint density at radius 3 is 2.57 bits per heavy atom. The minimum atomic E-state index is -0.302. The van der Waals surface area contributed by atoms with Crippen molar-refractivity contribution in [2.45, 2.75) is 18.7 Å². The predicted molar refractivity (Wildman–Crippen MR) is 110 cm³/mol. The molecular formula is C23H19ClN2O2. The molecule has 2 aliphatic rings. The molecule has 2 heterocycles. The zero-order chi connectivity index (χ0) is 19.1. The topological polar surface area (TPSA) is 34.1 Å². The summed E-state index contributed by atoms with van der Waals surface area (Å²) >= 11 is 6.08. The average molecular weight is 391 g/mol. The molecule has 0 radical (unpaired) electrons. The van der Waals surface area contributed by atoms with E-state index in [1.165, 1.54) is 0 Å². The molecule has 0 spiro atoms. The second kappa shape index (κ2) is 6.88. The number of benzene rings is 3. The van der Waals surface area contributed by atoms with E-state index in [0.29, 0.717) is 5.02 Å². The van der Waals surface area contributed by atoms with Crippen LogP contribution in [0, 0.1) is 0 Å². The minimum absolute atomic E-state index is 0.0923. The predicted octanol–water partition coefficient (Wildman–Crippen LogP) is 5.59. The van der Waals surface area contributed by atoms with Crippen LogP contribution in [0.3, 0.4) is 0 Å². The maximum Gasteiger partial charge on any atom is 0.213 e. The highest BCUT2D eigenvalue weighted by Gasteiger charge is 2.41. The Balaban J connectivity index is 1.60. The second-order valence-electron chi connectivity index (χ2n) is 6.94. The Bertz CT molecular complexity index is 1030. The first-order valence-electron chi connectivity index (χ1n) is 9.24. The molecule has 0 fully saturated rings. The quantitative estimate of drug-likeness (QED) is 0.584. The second-order valence-corrected chi connectivity index (χ2v) is 7.37. The first-order valence-corrected chi connectivity index (χ1v) is 9.62. The van der Waals surface area contributed by atoms with Crippen LogP contribution in [-0.2, 0) is 0 Å². The molecule has 0 saturated heterocycles. The van der Waals surface area contributed by atoms with Crippen molar-refractivity contribution in [2.24, 2.45) is 5.10 Å². The summed E-state index contributed by atoms with van der Waals surface area (Å²) in [5.74, 6) is 1.69. The van der Waals surface area contributed by atoms with Crippen LogP contribution in [0.1, 0.15) is 35.4 Å². The van der Waals surface area contributed by atoms with E-state index in [4.69, 9.17) is 26.2 Å². The fourth-order valence-corrected chi connectivity index (χ4v) is 3.97. The molecule has 0 N–H and O–H groups in total. The van der Waals surface area contributed by atoms with Crippen LogP contribution in [0.4, 0.5) is 0 Å². The van der Waals surface area contributed by atoms with Gasteiger partial charge < -0.3 is 9.47 Å². The van der Waals surface area contributed by atoms with E-state index in [0.717, 1.165) is 40.3 Å². The fraction of sp³-hybridized carbons (Fsp3) is 0.174. The SMILES string of the molecule is COc1ccc2c(c1)[C@@H]1CC(c3ccccc3)=NN1[C@@H](c1ccc(Cl)cc1)O2. The van der Waals surface area contributed by atoms with E-state index in [-0.39, 0.29) is 12.3 Å². The number of rotatable bonds is 3. The van der Waals surface area contributed by atoms with Crippen LogP contribution in [-0.4, -0.2) is 17.8 Å². The monoisotopic (exact) mass is 390 g/mol. The number of hydrogen-bond acceptors (Lipinski definition) is 4. The van der Waals surface area contributed by atoms with E-state index in [2.05, 4.69) is 23.2 Å². The summed E-state index contributed by atoms with van der Waals surface area (Å²) in [6, 6.07) is 24.1. The molecule has 4 nitrogen and oxygen atoms in total. The minimum Gasteiger partial charge on any atom is -0.497 e. The summed E-state index contributed by atoms with van der Waals surface area (Å²) < 4.78 is 11.8. The normalized spacial score (nSPS) is 20.1. The van der Waals surface area contributed by atoms with Crippen LogP contribution < -0.4 is 9.47 Å². The van der Waals surface area contributed by atoms with Gasteiger partial charge in [-0.25, -0.2) is 5.01 Å². The molecule has 0 aliphatic carbocycles. The largest absolute Gasteiger partial charge is 0.497 e. The standard InChI is InChI=1S/C23H19ClN2O2/c1-27-18-11-12-22-19(13-18)21-14-20(15-5-3-2-4-6-15)25-26(21)23(28-22)16-7-9-17(24)10-8-16/h2-13,21,23H,14H2,1H3/t21-,23+/m0/s1. The van der Waals surface area contributed by atoms with Crippen LogP contribution >= 0.6 is 11.6 Å². The van der Waals surface area contributed by atoms with Crippen molar-refractivity contribution in [2.75, 3.05) is 7.11 Å². The molecular weight excluding hydrogens is 372 g/mol. The van der Waals surface area contributed by atoms with Gasteiger partial charge in [-0.15, -0.1) is 0 Å². The Labute approximate surface area is 169 Å². The summed E-state index contributed by atoms with van der Waals surface area (Å²) in [6.45, 7) is 0. The van der Waals surface area contributed by atoms with Crippen molar-refractivity contribution >= 4 is 17.3 Å². The lowest BCUT2D eigenvalue weighted by molar-refractivity contribution is -0.0191. The summed E-state index contributed by atoms with van der Waals surface area (Å²) in [7, 11) is 1.68. The van der Waals surface area contributed by atoms with Crippen molar-refractivity contribution in [3.8, 4) is 11.5 Å². The van der Waals surface area contributed by atoms with Gasteiger partial charge in [0, 0.05) is 22.6 Å². The summed E-state index contributed by atoms with van der Waals surface area (Å²) in [4.78, 5) is 0. The van der Waals surface area contributed by atoms with Crippen LogP contribution in [0.25, 0.3) is 0 Å². The van der Waals surface area contributed by atoms with Crippen LogP contribution in [0.15, 0.2) is 77.9 Å². The van der Waals surface area contributed by atoms with Crippen LogP contribution in [0.2, 0.25) is 5.02 Å². The molecule has 3 aromatic rings. The molecule has 0 aromatic heterocycles. The number of halogens is 1. The third kappa shape index (κ3) is 2.90. The molecule has 140 valence electrons. The van der Waals surface area contributed by atoms with E-state index in [1.54, 1.807) is 7.11 Å². The zero-order valence-corrected chi connectivity index (χ0v) is 16.1. The molecule has 0 unspecified atom stereocenters. The smallest absolute Gasteiger partial charge is 0.213 e. The number of hydrazone groups is 1. The molecule has 5 rings (SSSR count). The van der Waals surface area contributed by atoms with E-state index in [9.17, 15) is 0 Å². The van der Waals surface area contributed by atoms with Gasteiger partial charge >= 0.3 is 0 Å². The van der Waals surface area contributed by atoms with Gasteiger partial charge in [0.05, 0.1) is 18.9 Å². The summed E-state index contributed by atoms with van der Waals surface area (Å²) in [6.07, 6.45) is 0.516. The van der Waals surface area contributed by atoms with E-state index in [1.807, 2.05) is 54.6 Å². The molecule has 0 saturated carbocycles. The molecule has 2 atom stereocenters. The Hall–Kier alpha value is -2.98. The average Bonchev–Trinajstić information content (AvgIpc) is 3.20. The Morgan fingerprint density at radius 2 is 1.82 bits per heavy atom. The van der Waals surface area contributed by atoms with Gasteiger partial charge in [0.25, 0.3) is 0 Å². The van der Waals surface area contributed by atoms with Gasteiger partial charge in [-0.05, 0) is 35.9 Å². The first kappa shape index (κ1) is 17.1. The van der Waals surface area contributed by atoms with Crippen molar-refractivity contribution in [1.29, 1.82) is 0 Å². The van der Waals surface area contributed by atoms with Gasteiger partial charge in [-0.1, -0.05) is 54.1 Å². The van der Waals surface area contributed by atoms with Crippen molar-refractivity contribution in [3.63, 3.8) is 0 Å². The highest BCUT2D eigenvalue weighted by atomic mass is 35.5. The number of ether oxygens (including phenoxy) is 2. The molecule has 0 amide bonds. The maximum atomic E-state index is 6.38. The zero-order valence-electron chi connectivity index (χ0n) is 15.4. The third-order valence-corrected chi connectivity index (χ3v) is 5.51. The van der Waals surface area contributed by atoms with Gasteiger partial charge in [0.2, 0.25) is 6.23 Å². The van der Waals surface area contributed by atoms with Crippen LogP contribution in [0.5, 0.6) is 11.5 Å². The van der Waals surface area contributed by atoms with Crippen molar-refractivity contribution in [1.82, 2.24) is 5.01 Å². The molecule has 28 heavy (non-hydrogen) atoms. The van der Waals surface area contributed by atoms with E-state index >= 15 is 0 Å². The van der Waals surface area contributed by atoms with Crippen molar-refractivity contribution in [3.05, 3.63) is 94.5 Å². The number of nitrogens with zero attached hydrogens (tertiary/aromatic N) is 2. The highest BCUT2D eigenvalue weighted by Crippen LogP contribution is 2.48. The van der Waals surface area contributed by atoms with Gasteiger partial charge in [0.15, 0.2) is 0 Å². The lowest BCUT2D eigenvalue weighted by Gasteiger charge is -2.38. The van der Waals surface area contributed by atoms with Gasteiger partial charge in [-0.2, -0.15) is 5.10 Å². The highest BCUT2D eigenvalue weighted by molar-refractivity contribution is 6.30. The summed E-state index contributed by atoms with van der Waals surface area (Å²) in [5, 5.41) is 7.73. The number of hydrogen-bond donors (Lipinski definition) is 0. The molecule has 0 bridgehead atoms. The Morgan fingerprint density at radius 1 is 1.04 bits per heavy atom. The number of fused-ring (bicyclic) bond motifs is 3. The molecule has 5 heteroatoms.